The minimum atomic E-state index is -0.435. The van der Waals surface area contributed by atoms with Gasteiger partial charge in [-0.25, -0.2) is 4.98 Å². The molecule has 0 fully saturated rings. The lowest BCUT2D eigenvalue weighted by Crippen LogP contribution is -2.03. The minimum Gasteiger partial charge on any atom is -0.488 e. The zero-order valence-corrected chi connectivity index (χ0v) is 11.3. The van der Waals surface area contributed by atoms with Gasteiger partial charge in [-0.1, -0.05) is 6.07 Å². The first kappa shape index (κ1) is 13.8. The third-order valence-electron chi connectivity index (χ3n) is 2.89. The van der Waals surface area contributed by atoms with Crippen LogP contribution in [-0.2, 0) is 6.61 Å². The number of anilines is 1. The Kier molecular flexibility index (Phi) is 4.14. The first-order chi connectivity index (χ1) is 9.61. The smallest absolute Gasteiger partial charge is 0.273 e. The van der Waals surface area contributed by atoms with Gasteiger partial charge in [0.15, 0.2) is 0 Å². The SMILES string of the molecule is CNc1ncccc1COc1cc([N+](=O)[O-])ccc1C. The number of aromatic nitrogens is 1. The van der Waals surface area contributed by atoms with Gasteiger partial charge in [0.05, 0.1) is 11.0 Å². The maximum Gasteiger partial charge on any atom is 0.273 e. The Morgan fingerprint density at radius 1 is 1.40 bits per heavy atom. The fourth-order valence-corrected chi connectivity index (χ4v) is 1.79. The second kappa shape index (κ2) is 6.01. The topological polar surface area (TPSA) is 77.3 Å². The number of nitrogens with one attached hydrogen (secondary N) is 1. The Morgan fingerprint density at radius 2 is 2.20 bits per heavy atom. The summed E-state index contributed by atoms with van der Waals surface area (Å²) in [6.07, 6.45) is 1.69. The highest BCUT2D eigenvalue weighted by molar-refractivity contribution is 5.45. The highest BCUT2D eigenvalue weighted by atomic mass is 16.6. The lowest BCUT2D eigenvalue weighted by atomic mass is 10.2. The number of aryl methyl sites for hydroxylation is 1. The minimum absolute atomic E-state index is 0.0191. The van der Waals surface area contributed by atoms with E-state index in [4.69, 9.17) is 4.74 Å². The molecule has 0 aliphatic rings. The average Bonchev–Trinajstić information content (AvgIpc) is 2.46. The lowest BCUT2D eigenvalue weighted by Gasteiger charge is -2.11. The van der Waals surface area contributed by atoms with E-state index in [2.05, 4.69) is 10.3 Å². The van der Waals surface area contributed by atoms with E-state index < -0.39 is 4.92 Å². The molecule has 0 saturated carbocycles. The summed E-state index contributed by atoms with van der Waals surface area (Å²) in [6.45, 7) is 2.15. The number of nitrogens with zero attached hydrogens (tertiary/aromatic N) is 2. The first-order valence-electron chi connectivity index (χ1n) is 6.11. The van der Waals surface area contributed by atoms with Crippen LogP contribution in [0, 0.1) is 17.0 Å². The van der Waals surface area contributed by atoms with Crippen LogP contribution in [0.15, 0.2) is 36.5 Å². The Hall–Kier alpha value is -2.63. The molecule has 0 saturated heterocycles. The molecule has 0 radical (unpaired) electrons. The van der Waals surface area contributed by atoms with E-state index in [1.54, 1.807) is 19.3 Å². The fraction of sp³-hybridized carbons (Fsp3) is 0.214. The first-order valence-corrected chi connectivity index (χ1v) is 6.11. The highest BCUT2D eigenvalue weighted by Crippen LogP contribution is 2.25. The van der Waals surface area contributed by atoms with Crippen LogP contribution < -0.4 is 10.1 Å². The van der Waals surface area contributed by atoms with Gasteiger partial charge in [-0.15, -0.1) is 0 Å². The predicted molar refractivity (Wildman–Crippen MR) is 75.9 cm³/mol. The molecule has 0 amide bonds. The van der Waals surface area contributed by atoms with Gasteiger partial charge in [0.1, 0.15) is 18.2 Å². The number of nitro groups is 1. The Labute approximate surface area is 116 Å². The van der Waals surface area contributed by atoms with Gasteiger partial charge in [-0.05, 0) is 24.6 Å². The molecular formula is C14H15N3O3. The number of hydrogen-bond acceptors (Lipinski definition) is 5. The van der Waals surface area contributed by atoms with Gasteiger partial charge in [-0.3, -0.25) is 10.1 Å². The summed E-state index contributed by atoms with van der Waals surface area (Å²) in [7, 11) is 1.78. The third-order valence-corrected chi connectivity index (χ3v) is 2.89. The van der Waals surface area contributed by atoms with E-state index in [1.165, 1.54) is 12.1 Å². The number of ether oxygens (including phenoxy) is 1. The fourth-order valence-electron chi connectivity index (χ4n) is 1.79. The summed E-state index contributed by atoms with van der Waals surface area (Å²) in [5, 5.41) is 13.7. The molecule has 0 aliphatic carbocycles. The van der Waals surface area contributed by atoms with Crippen molar-refractivity contribution in [2.24, 2.45) is 0 Å². The standard InChI is InChI=1S/C14H15N3O3/c1-10-5-6-12(17(18)19)8-13(10)20-9-11-4-3-7-16-14(11)15-2/h3-8H,9H2,1-2H3,(H,15,16). The summed E-state index contributed by atoms with van der Waals surface area (Å²) >= 11 is 0. The second-order valence-electron chi connectivity index (χ2n) is 4.26. The van der Waals surface area contributed by atoms with Crippen LogP contribution in [0.2, 0.25) is 0 Å². The Morgan fingerprint density at radius 3 is 2.90 bits per heavy atom. The molecule has 1 N–H and O–H groups in total. The van der Waals surface area contributed by atoms with Crippen molar-refractivity contribution < 1.29 is 9.66 Å². The van der Waals surface area contributed by atoms with Crippen LogP contribution in [0.1, 0.15) is 11.1 Å². The summed E-state index contributed by atoms with van der Waals surface area (Å²) in [5.74, 6) is 1.24. The summed E-state index contributed by atoms with van der Waals surface area (Å²) in [4.78, 5) is 14.5. The highest BCUT2D eigenvalue weighted by Gasteiger charge is 2.10. The van der Waals surface area contributed by atoms with Gasteiger partial charge < -0.3 is 10.1 Å². The normalized spacial score (nSPS) is 10.1. The van der Waals surface area contributed by atoms with Crippen molar-refractivity contribution in [3.05, 3.63) is 57.8 Å². The van der Waals surface area contributed by atoms with E-state index in [1.807, 2.05) is 19.1 Å². The van der Waals surface area contributed by atoms with E-state index >= 15 is 0 Å². The Balaban J connectivity index is 2.18. The molecule has 20 heavy (non-hydrogen) atoms. The Bertz CT molecular complexity index is 629. The molecule has 1 heterocycles. The summed E-state index contributed by atoms with van der Waals surface area (Å²) < 4.78 is 5.67. The molecule has 6 heteroatoms. The van der Waals surface area contributed by atoms with Gasteiger partial charge in [0.25, 0.3) is 5.69 Å². The molecule has 1 aromatic carbocycles. The van der Waals surface area contributed by atoms with Crippen molar-refractivity contribution in [3.63, 3.8) is 0 Å². The number of non-ortho nitro benzene ring substituents is 1. The maximum absolute atomic E-state index is 10.8. The molecule has 2 aromatic rings. The van der Waals surface area contributed by atoms with E-state index in [0.717, 1.165) is 16.9 Å². The van der Waals surface area contributed by atoms with Gasteiger partial charge in [0, 0.05) is 24.9 Å². The number of benzene rings is 1. The molecule has 6 nitrogen and oxygen atoms in total. The van der Waals surface area contributed by atoms with Crippen LogP contribution in [0.5, 0.6) is 5.75 Å². The zero-order valence-electron chi connectivity index (χ0n) is 11.3. The van der Waals surface area contributed by atoms with Crippen LogP contribution in [0.3, 0.4) is 0 Å². The van der Waals surface area contributed by atoms with Crippen molar-refractivity contribution in [2.45, 2.75) is 13.5 Å². The molecule has 104 valence electrons. The van der Waals surface area contributed by atoms with E-state index in [0.29, 0.717) is 12.4 Å². The molecule has 0 atom stereocenters. The number of nitro benzene ring substituents is 1. The van der Waals surface area contributed by atoms with Crippen LogP contribution in [0.25, 0.3) is 0 Å². The lowest BCUT2D eigenvalue weighted by molar-refractivity contribution is -0.385. The zero-order chi connectivity index (χ0) is 14.5. The van der Waals surface area contributed by atoms with Crippen LogP contribution in [-0.4, -0.2) is 17.0 Å². The van der Waals surface area contributed by atoms with Crippen LogP contribution in [0.4, 0.5) is 11.5 Å². The number of pyridine rings is 1. The van der Waals surface area contributed by atoms with Crippen molar-refractivity contribution in [1.82, 2.24) is 4.98 Å². The molecule has 0 spiro atoms. The molecule has 2 rings (SSSR count). The average molecular weight is 273 g/mol. The summed E-state index contributed by atoms with van der Waals surface area (Å²) in [6, 6.07) is 8.29. The van der Waals surface area contributed by atoms with Gasteiger partial charge >= 0.3 is 0 Å². The molecule has 0 unspecified atom stereocenters. The quantitative estimate of drug-likeness (QED) is 0.669. The van der Waals surface area contributed by atoms with Gasteiger partial charge in [0.2, 0.25) is 0 Å². The van der Waals surface area contributed by atoms with Crippen molar-refractivity contribution in [1.29, 1.82) is 0 Å². The van der Waals surface area contributed by atoms with Gasteiger partial charge in [-0.2, -0.15) is 0 Å². The van der Waals surface area contributed by atoms with Crippen molar-refractivity contribution in [3.8, 4) is 5.75 Å². The third kappa shape index (κ3) is 3.03. The number of rotatable bonds is 5. The number of hydrogen-bond donors (Lipinski definition) is 1. The van der Waals surface area contributed by atoms with E-state index in [9.17, 15) is 10.1 Å². The van der Waals surface area contributed by atoms with Crippen molar-refractivity contribution in [2.75, 3.05) is 12.4 Å². The van der Waals surface area contributed by atoms with Crippen LogP contribution >= 0.6 is 0 Å². The second-order valence-corrected chi connectivity index (χ2v) is 4.26. The largest absolute Gasteiger partial charge is 0.488 e. The molecule has 1 aromatic heterocycles. The summed E-state index contributed by atoms with van der Waals surface area (Å²) in [5.41, 5.74) is 1.76. The van der Waals surface area contributed by atoms with Crippen molar-refractivity contribution >= 4 is 11.5 Å². The van der Waals surface area contributed by atoms with E-state index in [-0.39, 0.29) is 5.69 Å². The molecular weight excluding hydrogens is 258 g/mol. The molecule has 0 bridgehead atoms. The molecule has 0 aliphatic heterocycles. The monoisotopic (exact) mass is 273 g/mol. The maximum atomic E-state index is 10.8. The predicted octanol–water partition coefficient (Wildman–Crippen LogP) is 2.92.